The Labute approximate surface area is 89.0 Å². The molecule has 2 nitrogen and oxygen atoms in total. The van der Waals surface area contributed by atoms with Crippen LogP contribution in [0.5, 0.6) is 0 Å². The molecule has 76 valence electrons. The molecule has 2 aromatic rings. The smallest absolute Gasteiger partial charge is 0.134 e. The zero-order chi connectivity index (χ0) is 10.7. The van der Waals surface area contributed by atoms with Gasteiger partial charge in [-0.25, -0.2) is 0 Å². The average Bonchev–Trinajstić information content (AvgIpc) is 2.78. The van der Waals surface area contributed by atoms with E-state index >= 15 is 0 Å². The van der Waals surface area contributed by atoms with E-state index in [1.165, 1.54) is 0 Å². The lowest BCUT2D eigenvalue weighted by atomic mass is 10.2. The standard InChI is InChI=1S/C13H13NO/c1-2-11(14)13-9-8-12(15-13)10-6-4-3-5-7-10/h2-9,11H,1,14H2/t11-/m1/s1. The summed E-state index contributed by atoms with van der Waals surface area (Å²) in [6, 6.07) is 13.5. The topological polar surface area (TPSA) is 39.2 Å². The van der Waals surface area contributed by atoms with E-state index in [9.17, 15) is 0 Å². The molecule has 0 aliphatic carbocycles. The number of hydrogen-bond donors (Lipinski definition) is 1. The van der Waals surface area contributed by atoms with Crippen LogP contribution in [0.15, 0.2) is 59.5 Å². The summed E-state index contributed by atoms with van der Waals surface area (Å²) in [5.74, 6) is 1.58. The van der Waals surface area contributed by atoms with Crippen LogP contribution in [-0.4, -0.2) is 0 Å². The molecule has 15 heavy (non-hydrogen) atoms. The number of furan rings is 1. The van der Waals surface area contributed by atoms with Gasteiger partial charge in [0.2, 0.25) is 0 Å². The normalized spacial score (nSPS) is 12.3. The predicted molar refractivity (Wildman–Crippen MR) is 61.3 cm³/mol. The third-order valence-electron chi connectivity index (χ3n) is 2.27. The first-order valence-electron chi connectivity index (χ1n) is 4.84. The van der Waals surface area contributed by atoms with Gasteiger partial charge in [-0.1, -0.05) is 36.4 Å². The van der Waals surface area contributed by atoms with E-state index in [1.54, 1.807) is 6.08 Å². The maximum Gasteiger partial charge on any atom is 0.134 e. The molecule has 1 atom stereocenters. The van der Waals surface area contributed by atoms with Crippen molar-refractivity contribution >= 4 is 0 Å². The summed E-state index contributed by atoms with van der Waals surface area (Å²) in [6.45, 7) is 3.63. The molecule has 0 saturated carbocycles. The van der Waals surface area contributed by atoms with Crippen molar-refractivity contribution in [3.63, 3.8) is 0 Å². The molecule has 0 unspecified atom stereocenters. The first kappa shape index (κ1) is 9.74. The van der Waals surface area contributed by atoms with E-state index in [2.05, 4.69) is 6.58 Å². The van der Waals surface area contributed by atoms with Crippen LogP contribution in [0.3, 0.4) is 0 Å². The molecule has 1 heterocycles. The highest BCUT2D eigenvalue weighted by atomic mass is 16.3. The largest absolute Gasteiger partial charge is 0.459 e. The first-order valence-corrected chi connectivity index (χ1v) is 4.84. The minimum Gasteiger partial charge on any atom is -0.459 e. The summed E-state index contributed by atoms with van der Waals surface area (Å²) in [7, 11) is 0. The number of rotatable bonds is 3. The second-order valence-corrected chi connectivity index (χ2v) is 3.33. The van der Waals surface area contributed by atoms with Crippen LogP contribution in [0.25, 0.3) is 11.3 Å². The van der Waals surface area contributed by atoms with Crippen LogP contribution in [0.1, 0.15) is 11.8 Å². The molecule has 0 fully saturated rings. The second-order valence-electron chi connectivity index (χ2n) is 3.33. The minimum atomic E-state index is -0.234. The van der Waals surface area contributed by atoms with Crippen molar-refractivity contribution in [2.45, 2.75) is 6.04 Å². The summed E-state index contributed by atoms with van der Waals surface area (Å²) >= 11 is 0. The highest BCUT2D eigenvalue weighted by Gasteiger charge is 2.08. The highest BCUT2D eigenvalue weighted by molar-refractivity contribution is 5.57. The van der Waals surface area contributed by atoms with Crippen LogP contribution in [0, 0.1) is 0 Å². The predicted octanol–water partition coefficient (Wildman–Crippen LogP) is 3.13. The van der Waals surface area contributed by atoms with Crippen LogP contribution in [0.4, 0.5) is 0 Å². The summed E-state index contributed by atoms with van der Waals surface area (Å²) in [5, 5.41) is 0. The molecule has 2 heteroatoms. The van der Waals surface area contributed by atoms with Crippen molar-refractivity contribution in [1.82, 2.24) is 0 Å². The highest BCUT2D eigenvalue weighted by Crippen LogP contribution is 2.24. The molecular formula is C13H13NO. The fourth-order valence-corrected chi connectivity index (χ4v) is 1.41. The van der Waals surface area contributed by atoms with E-state index in [1.807, 2.05) is 42.5 Å². The molecule has 0 aliphatic rings. The minimum absolute atomic E-state index is 0.234. The second kappa shape index (κ2) is 4.15. The molecule has 0 amide bonds. The van der Waals surface area contributed by atoms with Crippen molar-refractivity contribution in [3.05, 3.63) is 60.9 Å². The fourth-order valence-electron chi connectivity index (χ4n) is 1.41. The first-order chi connectivity index (χ1) is 7.31. The SMILES string of the molecule is C=C[C@@H](N)c1ccc(-c2ccccc2)o1. The molecule has 0 aliphatic heterocycles. The third kappa shape index (κ3) is 2.00. The average molecular weight is 199 g/mol. The molecule has 2 rings (SSSR count). The van der Waals surface area contributed by atoms with Gasteiger partial charge in [0.15, 0.2) is 0 Å². The van der Waals surface area contributed by atoms with Gasteiger partial charge in [0.1, 0.15) is 11.5 Å². The Morgan fingerprint density at radius 2 is 1.87 bits per heavy atom. The number of hydrogen-bond acceptors (Lipinski definition) is 2. The molecular weight excluding hydrogens is 186 g/mol. The van der Waals surface area contributed by atoms with Crippen molar-refractivity contribution in [1.29, 1.82) is 0 Å². The van der Waals surface area contributed by atoms with E-state index in [-0.39, 0.29) is 6.04 Å². The molecule has 1 aromatic heterocycles. The van der Waals surface area contributed by atoms with Crippen molar-refractivity contribution in [2.75, 3.05) is 0 Å². The van der Waals surface area contributed by atoms with Crippen molar-refractivity contribution in [2.24, 2.45) is 5.73 Å². The Morgan fingerprint density at radius 3 is 2.53 bits per heavy atom. The van der Waals surface area contributed by atoms with Gasteiger partial charge in [-0.2, -0.15) is 0 Å². The van der Waals surface area contributed by atoms with E-state index < -0.39 is 0 Å². The molecule has 0 bridgehead atoms. The monoisotopic (exact) mass is 199 g/mol. The van der Waals surface area contributed by atoms with Gasteiger partial charge in [0.05, 0.1) is 6.04 Å². The Morgan fingerprint density at radius 1 is 1.13 bits per heavy atom. The Kier molecular flexibility index (Phi) is 2.70. The van der Waals surface area contributed by atoms with Crippen LogP contribution in [-0.2, 0) is 0 Å². The lowest BCUT2D eigenvalue weighted by Gasteiger charge is -2.00. The summed E-state index contributed by atoms with van der Waals surface area (Å²) in [5.41, 5.74) is 6.83. The maximum atomic E-state index is 5.77. The van der Waals surface area contributed by atoms with Crippen LogP contribution in [0.2, 0.25) is 0 Å². The summed E-state index contributed by atoms with van der Waals surface area (Å²) in [4.78, 5) is 0. The zero-order valence-corrected chi connectivity index (χ0v) is 8.39. The maximum absolute atomic E-state index is 5.77. The zero-order valence-electron chi connectivity index (χ0n) is 8.39. The fraction of sp³-hybridized carbons (Fsp3) is 0.0769. The summed E-state index contributed by atoms with van der Waals surface area (Å²) in [6.07, 6.45) is 1.66. The van der Waals surface area contributed by atoms with Crippen LogP contribution < -0.4 is 5.73 Å². The summed E-state index contributed by atoms with van der Waals surface area (Å²) < 4.78 is 5.63. The van der Waals surface area contributed by atoms with Gasteiger partial charge in [0, 0.05) is 5.56 Å². The van der Waals surface area contributed by atoms with E-state index in [0.717, 1.165) is 17.1 Å². The van der Waals surface area contributed by atoms with Gasteiger partial charge in [-0.15, -0.1) is 6.58 Å². The lowest BCUT2D eigenvalue weighted by molar-refractivity contribution is 0.506. The van der Waals surface area contributed by atoms with Crippen molar-refractivity contribution < 1.29 is 4.42 Å². The number of benzene rings is 1. The van der Waals surface area contributed by atoms with Gasteiger partial charge < -0.3 is 10.2 Å². The quantitative estimate of drug-likeness (QED) is 0.771. The third-order valence-corrected chi connectivity index (χ3v) is 2.27. The number of nitrogens with two attached hydrogens (primary N) is 1. The Balaban J connectivity index is 2.32. The Hall–Kier alpha value is -1.80. The van der Waals surface area contributed by atoms with Gasteiger partial charge in [-0.3, -0.25) is 0 Å². The lowest BCUT2D eigenvalue weighted by Crippen LogP contribution is -2.04. The molecule has 2 N–H and O–H groups in total. The van der Waals surface area contributed by atoms with Crippen molar-refractivity contribution in [3.8, 4) is 11.3 Å². The van der Waals surface area contributed by atoms with Gasteiger partial charge >= 0.3 is 0 Å². The van der Waals surface area contributed by atoms with Gasteiger partial charge in [-0.05, 0) is 12.1 Å². The van der Waals surface area contributed by atoms with Crippen LogP contribution >= 0.6 is 0 Å². The molecule has 0 radical (unpaired) electrons. The van der Waals surface area contributed by atoms with E-state index in [4.69, 9.17) is 10.2 Å². The molecule has 1 aromatic carbocycles. The van der Waals surface area contributed by atoms with Gasteiger partial charge in [0.25, 0.3) is 0 Å². The molecule has 0 saturated heterocycles. The molecule has 0 spiro atoms. The Bertz CT molecular complexity index is 445. The van der Waals surface area contributed by atoms with E-state index in [0.29, 0.717) is 0 Å².